The van der Waals surface area contributed by atoms with Gasteiger partial charge in [-0.05, 0) is 97.0 Å². The molecular formula is C42H51ClN4O7. The molecular weight excluding hydrogens is 708 g/mol. The van der Waals surface area contributed by atoms with Crippen LogP contribution in [-0.4, -0.2) is 71.2 Å². The van der Waals surface area contributed by atoms with Gasteiger partial charge in [-0.3, -0.25) is 19.2 Å². The van der Waals surface area contributed by atoms with Crippen molar-refractivity contribution in [1.29, 1.82) is 0 Å². The summed E-state index contributed by atoms with van der Waals surface area (Å²) >= 11 is 6.53. The molecule has 0 saturated carbocycles. The van der Waals surface area contributed by atoms with Crippen molar-refractivity contribution >= 4 is 52.5 Å². The summed E-state index contributed by atoms with van der Waals surface area (Å²) in [5.74, 6) is -1.56. The predicted molar refractivity (Wildman–Crippen MR) is 210 cm³/mol. The zero-order valence-corrected chi connectivity index (χ0v) is 33.1. The Morgan fingerprint density at radius 2 is 1.57 bits per heavy atom. The lowest BCUT2D eigenvalue weighted by Gasteiger charge is -2.31. The van der Waals surface area contributed by atoms with Gasteiger partial charge in [0.2, 0.25) is 0 Å². The average molecular weight is 759 g/mol. The molecule has 0 spiro atoms. The molecule has 2 N–H and O–H groups in total. The third-order valence-corrected chi connectivity index (χ3v) is 11.4. The summed E-state index contributed by atoms with van der Waals surface area (Å²) in [6.45, 7) is 15.3. The van der Waals surface area contributed by atoms with Crippen LogP contribution in [0.2, 0.25) is 5.02 Å². The molecule has 3 atom stereocenters. The van der Waals surface area contributed by atoms with Crippen molar-refractivity contribution in [3.05, 3.63) is 82.4 Å². The normalized spacial score (nSPS) is 16.9. The minimum Gasteiger partial charge on any atom is -0.497 e. The first-order valence-corrected chi connectivity index (χ1v) is 19.0. The number of ether oxygens (including phenoxy) is 2. The van der Waals surface area contributed by atoms with Crippen LogP contribution < -0.4 is 20.1 Å². The summed E-state index contributed by atoms with van der Waals surface area (Å²) in [6, 6.07) is 13.5. The summed E-state index contributed by atoms with van der Waals surface area (Å²) in [7, 11) is 1.48. The molecule has 2 fully saturated rings. The molecule has 3 aromatic carbocycles. The van der Waals surface area contributed by atoms with E-state index in [-0.39, 0.29) is 27.1 Å². The summed E-state index contributed by atoms with van der Waals surface area (Å²) < 4.78 is 11.6. The number of amides is 5. The lowest BCUT2D eigenvalue weighted by atomic mass is 9.76. The molecule has 0 bridgehead atoms. The van der Waals surface area contributed by atoms with Crippen molar-refractivity contribution in [2.75, 3.05) is 24.3 Å². The number of benzene rings is 3. The largest absolute Gasteiger partial charge is 0.497 e. The molecule has 2 aliphatic heterocycles. The molecule has 5 amide bonds. The van der Waals surface area contributed by atoms with Crippen LogP contribution in [0.1, 0.15) is 102 Å². The second kappa shape index (κ2) is 16.2. The number of hydrogen-bond donors (Lipinski definition) is 2. The molecule has 54 heavy (non-hydrogen) atoms. The van der Waals surface area contributed by atoms with E-state index >= 15 is 0 Å². The van der Waals surface area contributed by atoms with Crippen molar-refractivity contribution in [3.63, 3.8) is 0 Å². The minimum absolute atomic E-state index is 0.0280. The highest BCUT2D eigenvalue weighted by Crippen LogP contribution is 2.39. The number of nitrogens with one attached hydrogen (secondary N) is 2. The zero-order valence-electron chi connectivity index (χ0n) is 32.4. The van der Waals surface area contributed by atoms with Crippen molar-refractivity contribution in [2.24, 2.45) is 0 Å². The van der Waals surface area contributed by atoms with Gasteiger partial charge in [0.25, 0.3) is 17.7 Å². The minimum atomic E-state index is -1.81. The maximum atomic E-state index is 14.0. The molecule has 0 aromatic heterocycles. The van der Waals surface area contributed by atoms with Gasteiger partial charge < -0.3 is 25.0 Å². The second-order valence-corrected chi connectivity index (χ2v) is 15.6. The smallest absolute Gasteiger partial charge is 0.328 e. The van der Waals surface area contributed by atoms with Gasteiger partial charge >= 0.3 is 6.03 Å². The number of methoxy groups -OCH3 is 1. The fourth-order valence-electron chi connectivity index (χ4n) is 6.73. The molecule has 3 aromatic rings. The van der Waals surface area contributed by atoms with Gasteiger partial charge in [0.1, 0.15) is 17.5 Å². The topological polar surface area (TPSA) is 134 Å². The number of ketones is 1. The van der Waals surface area contributed by atoms with Crippen LogP contribution in [0.5, 0.6) is 11.5 Å². The number of halogens is 1. The maximum Gasteiger partial charge on any atom is 0.328 e. The molecule has 2 aliphatic rings. The molecule has 2 heterocycles. The van der Waals surface area contributed by atoms with Gasteiger partial charge in [-0.25, -0.2) is 9.69 Å². The Morgan fingerprint density at radius 3 is 2.19 bits per heavy atom. The fourth-order valence-corrected chi connectivity index (χ4v) is 6.89. The van der Waals surface area contributed by atoms with E-state index in [1.165, 1.54) is 41.8 Å². The molecule has 12 heteroatoms. The van der Waals surface area contributed by atoms with Crippen LogP contribution in [0.3, 0.4) is 0 Å². The van der Waals surface area contributed by atoms with E-state index < -0.39 is 47.7 Å². The lowest BCUT2D eigenvalue weighted by molar-refractivity contribution is -0.133. The first-order valence-electron chi connectivity index (χ1n) is 18.6. The van der Waals surface area contributed by atoms with Crippen LogP contribution in [0.4, 0.5) is 16.2 Å². The van der Waals surface area contributed by atoms with Crippen molar-refractivity contribution < 1.29 is 33.4 Å². The van der Waals surface area contributed by atoms with Gasteiger partial charge in [0, 0.05) is 23.4 Å². The van der Waals surface area contributed by atoms with Crippen LogP contribution in [0.15, 0.2) is 60.7 Å². The van der Waals surface area contributed by atoms with Crippen LogP contribution in [0, 0.1) is 0 Å². The summed E-state index contributed by atoms with van der Waals surface area (Å²) in [6.07, 6.45) is 2.47. The zero-order chi connectivity index (χ0) is 39.5. The highest BCUT2D eigenvalue weighted by Gasteiger charge is 2.53. The van der Waals surface area contributed by atoms with E-state index in [2.05, 4.69) is 64.3 Å². The van der Waals surface area contributed by atoms with E-state index in [0.717, 1.165) is 23.3 Å². The Labute approximate surface area is 322 Å². The third-order valence-electron chi connectivity index (χ3n) is 11.0. The lowest BCUT2D eigenvalue weighted by Crippen LogP contribution is -2.53. The van der Waals surface area contributed by atoms with E-state index in [1.807, 2.05) is 13.0 Å². The molecule has 3 unspecified atom stereocenters. The standard InChI is InChI=1S/C42H51ClN4O7/c1-9-33(54-34-21-16-26(41(4,5)10-2)23-29(34)42(6,7)11-3)37(49)44-27-17-20-30(43)31(24-27)45-38(50)35(36(48)25-14-18-28(53-8)19-15-25)47-39(51)32-13-12-22-46(32)40(47)52/h14-21,23-24,32-33,35H,9-13,22H2,1-8H3,(H,44,49)(H,45,50). The third kappa shape index (κ3) is 8.11. The average Bonchev–Trinajstić information content (AvgIpc) is 3.74. The van der Waals surface area contributed by atoms with Gasteiger partial charge in [0.05, 0.1) is 17.8 Å². The molecule has 2 saturated heterocycles. The number of nitrogens with zero attached hydrogens (tertiary/aromatic N) is 2. The van der Waals surface area contributed by atoms with Crippen molar-refractivity contribution in [2.45, 2.75) is 110 Å². The molecule has 11 nitrogen and oxygen atoms in total. The van der Waals surface area contributed by atoms with E-state index in [0.29, 0.717) is 43.0 Å². The Bertz CT molecular complexity index is 1900. The Balaban J connectivity index is 1.39. The number of rotatable bonds is 15. The highest BCUT2D eigenvalue weighted by molar-refractivity contribution is 6.34. The number of imide groups is 1. The summed E-state index contributed by atoms with van der Waals surface area (Å²) in [5, 5.41) is 5.64. The Morgan fingerprint density at radius 1 is 0.889 bits per heavy atom. The van der Waals surface area contributed by atoms with Gasteiger partial charge in [-0.15, -0.1) is 0 Å². The first-order chi connectivity index (χ1) is 25.6. The fraction of sp³-hybridized carbons (Fsp3) is 0.452. The monoisotopic (exact) mass is 758 g/mol. The van der Waals surface area contributed by atoms with Gasteiger partial charge in [-0.2, -0.15) is 0 Å². The number of Topliss-reactive ketones (excluding diaryl/α,β-unsaturated/α-hetero) is 1. The highest BCUT2D eigenvalue weighted by atomic mass is 35.5. The number of carbonyl (C=O) groups is 5. The van der Waals surface area contributed by atoms with E-state index in [4.69, 9.17) is 21.1 Å². The number of fused-ring (bicyclic) bond motifs is 1. The quantitative estimate of drug-likeness (QED) is 0.0908. The number of hydrogen-bond acceptors (Lipinski definition) is 7. The molecule has 0 radical (unpaired) electrons. The van der Waals surface area contributed by atoms with E-state index in [9.17, 15) is 24.0 Å². The number of carbonyl (C=O) groups excluding carboxylic acids is 5. The summed E-state index contributed by atoms with van der Waals surface area (Å²) in [5.41, 5.74) is 2.48. The van der Waals surface area contributed by atoms with Crippen molar-refractivity contribution in [3.8, 4) is 11.5 Å². The van der Waals surface area contributed by atoms with Gasteiger partial charge in [-0.1, -0.05) is 72.2 Å². The van der Waals surface area contributed by atoms with E-state index in [1.54, 1.807) is 18.2 Å². The molecule has 0 aliphatic carbocycles. The first kappa shape index (κ1) is 40.3. The Kier molecular flexibility index (Phi) is 12.1. The SMILES string of the molecule is CCC(Oc1ccc(C(C)(C)CC)cc1C(C)(C)CC)C(=O)Nc1ccc(Cl)c(NC(=O)C(C(=O)c2ccc(OC)cc2)N2C(=O)C3CCCN3C2=O)c1. The van der Waals surface area contributed by atoms with Crippen LogP contribution in [0.25, 0.3) is 0 Å². The number of urea groups is 1. The Hall–Kier alpha value is -4.90. The summed E-state index contributed by atoms with van der Waals surface area (Å²) in [4.78, 5) is 70.8. The second-order valence-electron chi connectivity index (χ2n) is 15.2. The van der Waals surface area contributed by atoms with Crippen LogP contribution in [-0.2, 0) is 25.2 Å². The molecule has 5 rings (SSSR count). The molecule has 288 valence electrons. The number of anilines is 2. The van der Waals surface area contributed by atoms with Crippen LogP contribution >= 0.6 is 11.6 Å². The van der Waals surface area contributed by atoms with Gasteiger partial charge in [0.15, 0.2) is 17.9 Å². The van der Waals surface area contributed by atoms with Crippen molar-refractivity contribution in [1.82, 2.24) is 9.80 Å². The predicted octanol–water partition coefficient (Wildman–Crippen LogP) is 8.14. The maximum absolute atomic E-state index is 14.0.